The number of rotatable bonds is 6. The molecule has 3 heteroatoms. The maximum absolute atomic E-state index is 11.6. The zero-order valence-corrected chi connectivity index (χ0v) is 9.25. The van der Waals surface area contributed by atoms with Crippen LogP contribution in [0.25, 0.3) is 0 Å². The van der Waals surface area contributed by atoms with Crippen LogP contribution in [0, 0.1) is 11.8 Å². The van der Waals surface area contributed by atoms with Crippen LogP contribution in [-0.2, 0) is 4.79 Å². The molecule has 0 radical (unpaired) electrons. The maximum Gasteiger partial charge on any atom is 0.224 e. The zero-order valence-electron chi connectivity index (χ0n) is 9.25. The van der Waals surface area contributed by atoms with Crippen molar-refractivity contribution in [2.75, 3.05) is 6.54 Å². The largest absolute Gasteiger partial charge is 0.353 e. The highest BCUT2D eigenvalue weighted by atomic mass is 16.1. The van der Waals surface area contributed by atoms with Crippen molar-refractivity contribution >= 4 is 5.91 Å². The molecule has 0 aromatic carbocycles. The van der Waals surface area contributed by atoms with Gasteiger partial charge in [-0.05, 0) is 18.8 Å². The Morgan fingerprint density at radius 1 is 1.57 bits per heavy atom. The molecule has 1 rings (SSSR count). The van der Waals surface area contributed by atoms with E-state index in [0.29, 0.717) is 12.6 Å². The minimum Gasteiger partial charge on any atom is -0.353 e. The van der Waals surface area contributed by atoms with Crippen molar-refractivity contribution in [3.63, 3.8) is 0 Å². The van der Waals surface area contributed by atoms with Crippen molar-refractivity contribution in [1.82, 2.24) is 5.32 Å². The van der Waals surface area contributed by atoms with Crippen molar-refractivity contribution < 1.29 is 4.79 Å². The van der Waals surface area contributed by atoms with Crippen LogP contribution < -0.4 is 11.1 Å². The third-order valence-corrected chi connectivity index (χ3v) is 2.96. The van der Waals surface area contributed by atoms with E-state index < -0.39 is 0 Å². The number of amides is 1. The highest BCUT2D eigenvalue weighted by molar-refractivity contribution is 5.78. The van der Waals surface area contributed by atoms with Gasteiger partial charge in [0.15, 0.2) is 0 Å². The van der Waals surface area contributed by atoms with E-state index >= 15 is 0 Å². The first-order valence-corrected chi connectivity index (χ1v) is 5.67. The molecule has 0 aromatic rings. The summed E-state index contributed by atoms with van der Waals surface area (Å²) in [7, 11) is 0. The molecule has 0 aromatic heterocycles. The second-order valence-corrected chi connectivity index (χ2v) is 4.43. The molecule has 0 saturated heterocycles. The molecule has 0 bridgehead atoms. The lowest BCUT2D eigenvalue weighted by Crippen LogP contribution is -2.40. The van der Waals surface area contributed by atoms with Crippen molar-refractivity contribution in [1.29, 1.82) is 0 Å². The predicted octanol–water partition coefficient (Wildman–Crippen LogP) is 1.28. The Balaban J connectivity index is 2.26. The summed E-state index contributed by atoms with van der Waals surface area (Å²) in [5.41, 5.74) is 5.44. The lowest BCUT2D eigenvalue weighted by molar-refractivity contribution is -0.125. The van der Waals surface area contributed by atoms with Gasteiger partial charge in [-0.15, -0.1) is 0 Å². The molecule has 3 nitrogen and oxygen atoms in total. The molecule has 1 fully saturated rings. The first-order chi connectivity index (χ1) is 6.67. The molecular formula is C11H22N2O. The van der Waals surface area contributed by atoms with Gasteiger partial charge in [-0.25, -0.2) is 0 Å². The monoisotopic (exact) mass is 198 g/mol. The number of carbonyl (C=O) groups excluding carboxylic acids is 1. The minimum absolute atomic E-state index is 0.0525. The lowest BCUT2D eigenvalue weighted by atomic mass is 10.1. The van der Waals surface area contributed by atoms with Gasteiger partial charge in [0.1, 0.15) is 0 Å². The minimum atomic E-state index is -0.0525. The van der Waals surface area contributed by atoms with Crippen molar-refractivity contribution in [2.45, 2.75) is 45.6 Å². The molecule has 82 valence electrons. The van der Waals surface area contributed by atoms with E-state index in [2.05, 4.69) is 12.2 Å². The maximum atomic E-state index is 11.6. The topological polar surface area (TPSA) is 55.1 Å². The molecular weight excluding hydrogens is 176 g/mol. The Labute approximate surface area is 86.4 Å². The Hall–Kier alpha value is -0.570. The van der Waals surface area contributed by atoms with Crippen LogP contribution >= 0.6 is 0 Å². The number of hydrogen-bond acceptors (Lipinski definition) is 2. The number of hydrogen-bond donors (Lipinski definition) is 2. The van der Waals surface area contributed by atoms with Gasteiger partial charge in [0.25, 0.3) is 0 Å². The quantitative estimate of drug-likeness (QED) is 0.675. The summed E-state index contributed by atoms with van der Waals surface area (Å²) in [6, 6.07) is 0.365. The van der Waals surface area contributed by atoms with Crippen LogP contribution in [0.2, 0.25) is 0 Å². The van der Waals surface area contributed by atoms with Gasteiger partial charge in [0, 0.05) is 18.5 Å². The fourth-order valence-corrected chi connectivity index (χ4v) is 1.53. The molecule has 14 heavy (non-hydrogen) atoms. The van der Waals surface area contributed by atoms with Crippen molar-refractivity contribution in [2.24, 2.45) is 17.6 Å². The van der Waals surface area contributed by atoms with Crippen LogP contribution in [0.3, 0.4) is 0 Å². The Morgan fingerprint density at radius 2 is 2.21 bits per heavy atom. The summed E-state index contributed by atoms with van der Waals surface area (Å²) >= 11 is 0. The zero-order chi connectivity index (χ0) is 10.6. The summed E-state index contributed by atoms with van der Waals surface area (Å²) in [5, 5.41) is 3.07. The van der Waals surface area contributed by atoms with Gasteiger partial charge < -0.3 is 11.1 Å². The number of nitrogens with two attached hydrogens (primary N) is 1. The molecule has 0 aliphatic heterocycles. The summed E-state index contributed by atoms with van der Waals surface area (Å²) in [4.78, 5) is 11.6. The van der Waals surface area contributed by atoms with E-state index in [-0.39, 0.29) is 11.8 Å². The fourth-order valence-electron chi connectivity index (χ4n) is 1.53. The normalized spacial score (nSPS) is 20.2. The first-order valence-electron chi connectivity index (χ1n) is 5.67. The number of nitrogens with one attached hydrogen (secondary N) is 1. The summed E-state index contributed by atoms with van der Waals surface area (Å²) in [5.74, 6) is 0.927. The Bertz CT molecular complexity index is 190. The summed E-state index contributed by atoms with van der Waals surface area (Å²) in [6.45, 7) is 4.44. The second kappa shape index (κ2) is 5.35. The van der Waals surface area contributed by atoms with Crippen LogP contribution in [-0.4, -0.2) is 18.5 Å². The molecule has 0 heterocycles. The fraction of sp³-hybridized carbons (Fsp3) is 0.909. The third kappa shape index (κ3) is 3.66. The molecule has 2 atom stereocenters. The van der Waals surface area contributed by atoms with Crippen molar-refractivity contribution in [3.8, 4) is 0 Å². The Kier molecular flexibility index (Phi) is 4.39. The van der Waals surface area contributed by atoms with Gasteiger partial charge in [0.05, 0.1) is 0 Å². The van der Waals surface area contributed by atoms with E-state index in [9.17, 15) is 4.79 Å². The third-order valence-electron chi connectivity index (χ3n) is 2.96. The van der Waals surface area contributed by atoms with Gasteiger partial charge >= 0.3 is 0 Å². The van der Waals surface area contributed by atoms with Gasteiger partial charge in [-0.1, -0.05) is 26.7 Å². The van der Waals surface area contributed by atoms with E-state index in [1.807, 2.05) is 6.92 Å². The number of carbonyl (C=O) groups is 1. The van der Waals surface area contributed by atoms with Gasteiger partial charge in [-0.2, -0.15) is 0 Å². The molecule has 1 saturated carbocycles. The average Bonchev–Trinajstić information content (AvgIpc) is 2.99. The average molecular weight is 198 g/mol. The SMILES string of the molecule is CCC(CC1CC1)NC(=O)C(C)CN. The van der Waals surface area contributed by atoms with Crippen LogP contribution in [0.15, 0.2) is 0 Å². The van der Waals surface area contributed by atoms with E-state index in [1.165, 1.54) is 12.8 Å². The lowest BCUT2D eigenvalue weighted by Gasteiger charge is -2.18. The molecule has 3 N–H and O–H groups in total. The highest BCUT2D eigenvalue weighted by Gasteiger charge is 2.26. The molecule has 1 aliphatic carbocycles. The Morgan fingerprint density at radius 3 is 2.64 bits per heavy atom. The second-order valence-electron chi connectivity index (χ2n) is 4.43. The van der Waals surface area contributed by atoms with Crippen molar-refractivity contribution in [3.05, 3.63) is 0 Å². The van der Waals surface area contributed by atoms with Crippen LogP contribution in [0.1, 0.15) is 39.5 Å². The summed E-state index contributed by atoms with van der Waals surface area (Å²) in [6.07, 6.45) is 4.87. The van der Waals surface area contributed by atoms with Gasteiger partial charge in [-0.3, -0.25) is 4.79 Å². The van der Waals surface area contributed by atoms with E-state index in [4.69, 9.17) is 5.73 Å². The predicted molar refractivity (Wildman–Crippen MR) is 57.8 cm³/mol. The van der Waals surface area contributed by atoms with Crippen LogP contribution in [0.4, 0.5) is 0 Å². The molecule has 1 amide bonds. The van der Waals surface area contributed by atoms with Gasteiger partial charge in [0.2, 0.25) is 5.91 Å². The molecule has 0 spiro atoms. The smallest absolute Gasteiger partial charge is 0.224 e. The standard InChI is InChI=1S/C11H22N2O/c1-3-10(6-9-4-5-9)13-11(14)8(2)7-12/h8-10H,3-7,12H2,1-2H3,(H,13,14). The van der Waals surface area contributed by atoms with E-state index in [0.717, 1.165) is 18.8 Å². The highest BCUT2D eigenvalue weighted by Crippen LogP contribution is 2.34. The summed E-state index contributed by atoms with van der Waals surface area (Å²) < 4.78 is 0. The first kappa shape index (κ1) is 11.5. The molecule has 1 aliphatic rings. The molecule has 2 unspecified atom stereocenters. The van der Waals surface area contributed by atoms with Crippen LogP contribution in [0.5, 0.6) is 0 Å². The van der Waals surface area contributed by atoms with E-state index in [1.54, 1.807) is 0 Å².